The van der Waals surface area contributed by atoms with Crippen LogP contribution in [0.25, 0.3) is 0 Å². The van der Waals surface area contributed by atoms with Gasteiger partial charge in [-0.05, 0) is 30.2 Å². The van der Waals surface area contributed by atoms with E-state index in [4.69, 9.17) is 0 Å². The van der Waals surface area contributed by atoms with Crippen LogP contribution in [0.2, 0.25) is 0 Å². The fourth-order valence-electron chi connectivity index (χ4n) is 1.99. The Balaban J connectivity index is 1.95. The Morgan fingerprint density at radius 3 is 2.52 bits per heavy atom. The monoisotopic (exact) mass is 316 g/mol. The number of anilines is 2. The van der Waals surface area contributed by atoms with Crippen molar-refractivity contribution in [2.24, 2.45) is 0 Å². The molecule has 0 spiro atoms. The maximum Gasteiger partial charge on any atom is 0.411 e. The van der Waals surface area contributed by atoms with Gasteiger partial charge in [-0.2, -0.15) is 0 Å². The molecule has 0 aliphatic rings. The van der Waals surface area contributed by atoms with Crippen LogP contribution in [0, 0.1) is 5.82 Å². The molecule has 0 atom stereocenters. The minimum absolute atomic E-state index is 0.0577. The molecular weight excluding hydrogens is 299 g/mol. The smallest absolute Gasteiger partial charge is 0.411 e. The Bertz CT molecular complexity index is 689. The Morgan fingerprint density at radius 1 is 1.09 bits per heavy atom. The zero-order chi connectivity index (χ0) is 16.7. The molecular formula is C17H17FN2O3. The van der Waals surface area contributed by atoms with Gasteiger partial charge in [-0.15, -0.1) is 0 Å². The normalized spacial score (nSPS) is 10.0. The molecule has 0 aliphatic heterocycles. The number of carbonyl (C=O) groups is 2. The summed E-state index contributed by atoms with van der Waals surface area (Å²) in [6, 6.07) is 13.6. The zero-order valence-corrected chi connectivity index (χ0v) is 12.6. The van der Waals surface area contributed by atoms with Gasteiger partial charge in [0.05, 0.1) is 12.8 Å². The molecule has 2 rings (SSSR count). The molecule has 0 aromatic heterocycles. The predicted molar refractivity (Wildman–Crippen MR) is 85.8 cm³/mol. The molecule has 2 aromatic rings. The van der Waals surface area contributed by atoms with Crippen LogP contribution in [0.5, 0.6) is 0 Å². The summed E-state index contributed by atoms with van der Waals surface area (Å²) in [6.07, 6.45) is 0.138. The van der Waals surface area contributed by atoms with Gasteiger partial charge in [-0.3, -0.25) is 10.1 Å². The standard InChI is InChI=1S/C17H17FN2O3/c1-23-17(22)20-15-11-13(8-9-14(15)18)19-16(21)10-7-12-5-3-2-4-6-12/h2-6,8-9,11H,7,10H2,1H3,(H,19,21)(H,20,22). The first-order chi connectivity index (χ1) is 11.1. The summed E-state index contributed by atoms with van der Waals surface area (Å²) in [5.74, 6) is -0.804. The maximum absolute atomic E-state index is 13.6. The van der Waals surface area contributed by atoms with Crippen molar-refractivity contribution in [3.8, 4) is 0 Å². The summed E-state index contributed by atoms with van der Waals surface area (Å²) in [5, 5.41) is 4.92. The first-order valence-corrected chi connectivity index (χ1v) is 7.07. The van der Waals surface area contributed by atoms with E-state index >= 15 is 0 Å². The summed E-state index contributed by atoms with van der Waals surface area (Å²) >= 11 is 0. The summed E-state index contributed by atoms with van der Waals surface area (Å²) in [5.41, 5.74) is 1.41. The molecule has 0 saturated heterocycles. The first-order valence-electron chi connectivity index (χ1n) is 7.07. The van der Waals surface area contributed by atoms with Crippen LogP contribution >= 0.6 is 0 Å². The predicted octanol–water partition coefficient (Wildman–Crippen LogP) is 3.58. The highest BCUT2D eigenvalue weighted by Crippen LogP contribution is 2.20. The Morgan fingerprint density at radius 2 is 1.83 bits per heavy atom. The van der Waals surface area contributed by atoms with Gasteiger partial charge in [0.1, 0.15) is 5.82 Å². The molecule has 2 amide bonds. The Hall–Kier alpha value is -2.89. The van der Waals surface area contributed by atoms with Gasteiger partial charge in [-0.1, -0.05) is 30.3 Å². The largest absolute Gasteiger partial charge is 0.453 e. The summed E-state index contributed by atoms with van der Waals surface area (Å²) in [6.45, 7) is 0. The second-order valence-corrected chi connectivity index (χ2v) is 4.84. The lowest BCUT2D eigenvalue weighted by Gasteiger charge is -2.09. The van der Waals surface area contributed by atoms with Crippen molar-refractivity contribution in [3.63, 3.8) is 0 Å². The van der Waals surface area contributed by atoms with E-state index in [1.165, 1.54) is 19.2 Å². The highest BCUT2D eigenvalue weighted by Gasteiger charge is 2.09. The molecule has 2 aromatic carbocycles. The fraction of sp³-hybridized carbons (Fsp3) is 0.176. The van der Waals surface area contributed by atoms with Crippen LogP contribution in [-0.4, -0.2) is 19.1 Å². The van der Waals surface area contributed by atoms with Crippen LogP contribution < -0.4 is 10.6 Å². The van der Waals surface area contributed by atoms with Crippen molar-refractivity contribution in [1.82, 2.24) is 0 Å². The minimum Gasteiger partial charge on any atom is -0.453 e. The molecule has 2 N–H and O–H groups in total. The van der Waals surface area contributed by atoms with Gasteiger partial charge < -0.3 is 10.1 Å². The van der Waals surface area contributed by atoms with Crippen molar-refractivity contribution < 1.29 is 18.7 Å². The highest BCUT2D eigenvalue weighted by molar-refractivity contribution is 5.92. The van der Waals surface area contributed by atoms with Gasteiger partial charge in [0.25, 0.3) is 0 Å². The van der Waals surface area contributed by atoms with E-state index in [9.17, 15) is 14.0 Å². The molecule has 6 heteroatoms. The van der Waals surface area contributed by atoms with E-state index in [1.807, 2.05) is 30.3 Å². The van der Waals surface area contributed by atoms with Crippen molar-refractivity contribution >= 4 is 23.4 Å². The van der Waals surface area contributed by atoms with Gasteiger partial charge >= 0.3 is 6.09 Å². The van der Waals surface area contributed by atoms with Gasteiger partial charge in [0.15, 0.2) is 0 Å². The lowest BCUT2D eigenvalue weighted by molar-refractivity contribution is -0.116. The number of halogens is 1. The number of carbonyl (C=O) groups excluding carboxylic acids is 2. The molecule has 23 heavy (non-hydrogen) atoms. The van der Waals surface area contributed by atoms with Crippen LogP contribution in [0.15, 0.2) is 48.5 Å². The molecule has 0 saturated carbocycles. The van der Waals surface area contributed by atoms with E-state index in [1.54, 1.807) is 0 Å². The van der Waals surface area contributed by atoms with Crippen LogP contribution in [0.1, 0.15) is 12.0 Å². The summed E-state index contributed by atoms with van der Waals surface area (Å²) in [7, 11) is 1.18. The molecule has 0 bridgehead atoms. The van der Waals surface area contributed by atoms with Crippen LogP contribution in [-0.2, 0) is 16.0 Å². The van der Waals surface area contributed by atoms with E-state index in [0.29, 0.717) is 18.5 Å². The molecule has 120 valence electrons. The van der Waals surface area contributed by atoms with Crippen molar-refractivity contribution in [1.29, 1.82) is 0 Å². The molecule has 0 heterocycles. The van der Waals surface area contributed by atoms with E-state index in [0.717, 1.165) is 11.6 Å². The quantitative estimate of drug-likeness (QED) is 0.886. The maximum atomic E-state index is 13.6. The number of aryl methyl sites for hydroxylation is 1. The second-order valence-electron chi connectivity index (χ2n) is 4.84. The number of hydrogen-bond donors (Lipinski definition) is 2. The summed E-state index contributed by atoms with van der Waals surface area (Å²) < 4.78 is 18.0. The number of hydrogen-bond acceptors (Lipinski definition) is 3. The lowest BCUT2D eigenvalue weighted by atomic mass is 10.1. The van der Waals surface area contributed by atoms with Crippen LogP contribution in [0.4, 0.5) is 20.6 Å². The number of benzene rings is 2. The molecule has 0 radical (unpaired) electrons. The number of methoxy groups -OCH3 is 1. The molecule has 5 nitrogen and oxygen atoms in total. The van der Waals surface area contributed by atoms with Crippen molar-refractivity contribution in [2.45, 2.75) is 12.8 Å². The Labute approximate surface area is 133 Å². The van der Waals surface area contributed by atoms with E-state index in [-0.39, 0.29) is 11.6 Å². The third-order valence-corrected chi connectivity index (χ3v) is 3.16. The van der Waals surface area contributed by atoms with Crippen molar-refractivity contribution in [2.75, 3.05) is 17.7 Å². The minimum atomic E-state index is -0.781. The van der Waals surface area contributed by atoms with E-state index in [2.05, 4.69) is 15.4 Å². The number of ether oxygens (including phenoxy) is 1. The zero-order valence-electron chi connectivity index (χ0n) is 12.6. The second kappa shape index (κ2) is 7.93. The average molecular weight is 316 g/mol. The number of amides is 2. The fourth-order valence-corrected chi connectivity index (χ4v) is 1.99. The lowest BCUT2D eigenvalue weighted by Crippen LogP contribution is -2.14. The summed E-state index contributed by atoms with van der Waals surface area (Å²) in [4.78, 5) is 23.1. The molecule has 0 unspecified atom stereocenters. The SMILES string of the molecule is COC(=O)Nc1cc(NC(=O)CCc2ccccc2)ccc1F. The average Bonchev–Trinajstić information content (AvgIpc) is 2.57. The third-order valence-electron chi connectivity index (χ3n) is 3.16. The number of rotatable bonds is 5. The van der Waals surface area contributed by atoms with Gasteiger partial charge in [0.2, 0.25) is 5.91 Å². The van der Waals surface area contributed by atoms with E-state index < -0.39 is 11.9 Å². The first kappa shape index (κ1) is 16.5. The highest BCUT2D eigenvalue weighted by atomic mass is 19.1. The third kappa shape index (κ3) is 5.10. The van der Waals surface area contributed by atoms with Crippen LogP contribution in [0.3, 0.4) is 0 Å². The molecule has 0 aliphatic carbocycles. The van der Waals surface area contributed by atoms with Gasteiger partial charge in [-0.25, -0.2) is 9.18 Å². The van der Waals surface area contributed by atoms with Crippen molar-refractivity contribution in [3.05, 3.63) is 59.9 Å². The molecule has 0 fully saturated rings. The topological polar surface area (TPSA) is 67.4 Å². The number of nitrogens with one attached hydrogen (secondary N) is 2. The Kier molecular flexibility index (Phi) is 5.68. The van der Waals surface area contributed by atoms with Gasteiger partial charge in [0, 0.05) is 12.1 Å².